The first-order valence-electron chi connectivity index (χ1n) is 7.43. The summed E-state index contributed by atoms with van der Waals surface area (Å²) in [5, 5.41) is 0. The van der Waals surface area contributed by atoms with E-state index in [1.807, 2.05) is 11.5 Å². The first kappa shape index (κ1) is 14.0. The molecule has 0 aliphatic heterocycles. The number of benzene rings is 1. The summed E-state index contributed by atoms with van der Waals surface area (Å²) in [6.45, 7) is 2.67. The summed E-state index contributed by atoms with van der Waals surface area (Å²) in [6, 6.07) is 4.10. The highest BCUT2D eigenvalue weighted by Gasteiger charge is 2.26. The summed E-state index contributed by atoms with van der Waals surface area (Å²) in [7, 11) is 0. The Labute approximate surface area is 122 Å². The predicted molar refractivity (Wildman–Crippen MR) is 78.9 cm³/mol. The molecule has 0 radical (unpaired) electrons. The molecule has 0 saturated heterocycles. The van der Waals surface area contributed by atoms with E-state index >= 15 is 0 Å². The number of halogens is 2. The lowest BCUT2D eigenvalue weighted by atomic mass is 10.1. The van der Waals surface area contributed by atoms with Crippen LogP contribution in [0.1, 0.15) is 44.3 Å². The predicted octanol–water partition coefficient (Wildman–Crippen LogP) is 4.09. The molecule has 2 aromatic rings. The lowest BCUT2D eigenvalue weighted by Gasteiger charge is -2.11. The van der Waals surface area contributed by atoms with Gasteiger partial charge in [0.1, 0.15) is 17.3 Å². The third kappa shape index (κ3) is 2.30. The fourth-order valence-corrected chi connectivity index (χ4v) is 3.20. The molecule has 1 heterocycles. The number of hydrogen-bond acceptors (Lipinski definition) is 2. The fourth-order valence-electron chi connectivity index (χ4n) is 3.20. The van der Waals surface area contributed by atoms with Crippen molar-refractivity contribution in [3.63, 3.8) is 0 Å². The van der Waals surface area contributed by atoms with Gasteiger partial charge in [0.05, 0.1) is 0 Å². The van der Waals surface area contributed by atoms with Gasteiger partial charge in [0.15, 0.2) is 11.6 Å². The van der Waals surface area contributed by atoms with E-state index in [2.05, 4.69) is 4.98 Å². The van der Waals surface area contributed by atoms with Gasteiger partial charge in [0.2, 0.25) is 0 Å². The second-order valence-electron chi connectivity index (χ2n) is 5.53. The molecular formula is C16H19F2N3. The van der Waals surface area contributed by atoms with Gasteiger partial charge < -0.3 is 10.3 Å². The maximum atomic E-state index is 14.0. The number of hydrogen-bond donors (Lipinski definition) is 1. The first-order valence-corrected chi connectivity index (χ1v) is 7.43. The van der Waals surface area contributed by atoms with Crippen LogP contribution < -0.4 is 5.73 Å². The lowest BCUT2D eigenvalue weighted by molar-refractivity contribution is 0.511. The van der Waals surface area contributed by atoms with Gasteiger partial charge in [-0.05, 0) is 31.9 Å². The molecule has 1 aliphatic rings. The van der Waals surface area contributed by atoms with Crippen LogP contribution in [0.5, 0.6) is 0 Å². The summed E-state index contributed by atoms with van der Waals surface area (Å²) >= 11 is 0. The van der Waals surface area contributed by atoms with Crippen molar-refractivity contribution in [2.24, 2.45) is 0 Å². The average Bonchev–Trinajstić information content (AvgIpc) is 3.09. The van der Waals surface area contributed by atoms with Crippen LogP contribution in [0, 0.1) is 11.6 Å². The van der Waals surface area contributed by atoms with E-state index in [1.54, 1.807) is 0 Å². The Kier molecular flexibility index (Phi) is 3.66. The monoisotopic (exact) mass is 291 g/mol. The van der Waals surface area contributed by atoms with Crippen molar-refractivity contribution in [3.8, 4) is 11.3 Å². The molecule has 0 atom stereocenters. The number of nitrogens with zero attached hydrogens (tertiary/aromatic N) is 2. The third-order valence-corrected chi connectivity index (χ3v) is 4.28. The summed E-state index contributed by atoms with van der Waals surface area (Å²) in [5.41, 5.74) is 6.64. The molecule has 2 N–H and O–H groups in total. The quantitative estimate of drug-likeness (QED) is 0.925. The van der Waals surface area contributed by atoms with Gasteiger partial charge in [0, 0.05) is 18.0 Å². The van der Waals surface area contributed by atoms with Crippen molar-refractivity contribution < 1.29 is 8.78 Å². The Hall–Kier alpha value is -1.91. The number of nitrogens with two attached hydrogens (primary N) is 1. The second-order valence-corrected chi connectivity index (χ2v) is 5.53. The molecule has 112 valence electrons. The summed E-state index contributed by atoms with van der Waals surface area (Å²) in [4.78, 5) is 4.57. The van der Waals surface area contributed by atoms with Crippen molar-refractivity contribution >= 4 is 5.82 Å². The maximum Gasteiger partial charge on any atom is 0.168 e. The van der Waals surface area contributed by atoms with Gasteiger partial charge in [-0.2, -0.15) is 0 Å². The molecule has 1 aromatic carbocycles. The van der Waals surface area contributed by atoms with Crippen LogP contribution >= 0.6 is 0 Å². The molecule has 0 unspecified atom stereocenters. The van der Waals surface area contributed by atoms with Crippen LogP contribution in [0.2, 0.25) is 0 Å². The molecule has 1 fully saturated rings. The maximum absolute atomic E-state index is 14.0. The molecule has 1 aliphatic carbocycles. The standard InChI is InChI=1S/C16H19F2N3/c1-2-21-15(19)14(11-8-5-9-12(17)13(11)18)20-16(21)10-6-3-4-7-10/h5,8-10H,2-4,6-7,19H2,1H3. The van der Waals surface area contributed by atoms with Crippen LogP contribution in [0.4, 0.5) is 14.6 Å². The minimum absolute atomic E-state index is 0.138. The minimum atomic E-state index is -0.886. The second kappa shape index (κ2) is 5.47. The van der Waals surface area contributed by atoms with Crippen molar-refractivity contribution in [1.29, 1.82) is 0 Å². The van der Waals surface area contributed by atoms with E-state index in [0.29, 0.717) is 24.0 Å². The lowest BCUT2D eigenvalue weighted by Crippen LogP contribution is -2.08. The van der Waals surface area contributed by atoms with E-state index in [4.69, 9.17) is 5.73 Å². The van der Waals surface area contributed by atoms with Gasteiger partial charge in [-0.1, -0.05) is 18.9 Å². The summed E-state index contributed by atoms with van der Waals surface area (Å²) in [6.07, 6.45) is 4.54. The molecule has 1 saturated carbocycles. The van der Waals surface area contributed by atoms with Crippen molar-refractivity contribution in [2.45, 2.75) is 45.1 Å². The average molecular weight is 291 g/mol. The smallest absolute Gasteiger partial charge is 0.168 e. The Morgan fingerprint density at radius 1 is 1.29 bits per heavy atom. The van der Waals surface area contributed by atoms with Crippen LogP contribution in [0.25, 0.3) is 11.3 Å². The molecule has 0 spiro atoms. The number of anilines is 1. The van der Waals surface area contributed by atoms with E-state index in [9.17, 15) is 8.78 Å². The van der Waals surface area contributed by atoms with Gasteiger partial charge >= 0.3 is 0 Å². The molecule has 0 bridgehead atoms. The van der Waals surface area contributed by atoms with Crippen LogP contribution in [0.3, 0.4) is 0 Å². The van der Waals surface area contributed by atoms with Crippen molar-refractivity contribution in [1.82, 2.24) is 9.55 Å². The highest BCUT2D eigenvalue weighted by Crippen LogP contribution is 2.38. The summed E-state index contributed by atoms with van der Waals surface area (Å²) in [5.74, 6) is -0.0593. The molecule has 3 rings (SSSR count). The molecule has 21 heavy (non-hydrogen) atoms. The van der Waals surface area contributed by atoms with Crippen LogP contribution in [-0.4, -0.2) is 9.55 Å². The van der Waals surface area contributed by atoms with E-state index < -0.39 is 11.6 Å². The Morgan fingerprint density at radius 2 is 2.00 bits per heavy atom. The van der Waals surface area contributed by atoms with Gasteiger partial charge in [0.25, 0.3) is 0 Å². The third-order valence-electron chi connectivity index (χ3n) is 4.28. The van der Waals surface area contributed by atoms with Gasteiger partial charge in [-0.3, -0.25) is 0 Å². The highest BCUT2D eigenvalue weighted by molar-refractivity contribution is 5.71. The molecule has 1 aromatic heterocycles. The fraction of sp³-hybridized carbons (Fsp3) is 0.438. The molecule has 3 nitrogen and oxygen atoms in total. The molecular weight excluding hydrogens is 272 g/mol. The zero-order valence-electron chi connectivity index (χ0n) is 12.1. The topological polar surface area (TPSA) is 43.8 Å². The highest BCUT2D eigenvalue weighted by atomic mass is 19.2. The van der Waals surface area contributed by atoms with Gasteiger partial charge in [-0.25, -0.2) is 13.8 Å². The van der Waals surface area contributed by atoms with Gasteiger partial charge in [-0.15, -0.1) is 0 Å². The minimum Gasteiger partial charge on any atom is -0.383 e. The Morgan fingerprint density at radius 3 is 2.67 bits per heavy atom. The SMILES string of the molecule is CCn1c(C2CCCC2)nc(-c2cccc(F)c2F)c1N. The first-order chi connectivity index (χ1) is 10.1. The molecule has 0 amide bonds. The largest absolute Gasteiger partial charge is 0.383 e. The number of imidazole rings is 1. The summed E-state index contributed by atoms with van der Waals surface area (Å²) < 4.78 is 29.4. The number of aromatic nitrogens is 2. The zero-order valence-corrected chi connectivity index (χ0v) is 12.1. The van der Waals surface area contributed by atoms with Crippen LogP contribution in [-0.2, 0) is 6.54 Å². The van der Waals surface area contributed by atoms with E-state index in [0.717, 1.165) is 24.7 Å². The zero-order chi connectivity index (χ0) is 15.0. The molecule has 5 heteroatoms. The normalized spacial score (nSPS) is 15.8. The Balaban J connectivity index is 2.13. The number of rotatable bonds is 3. The van der Waals surface area contributed by atoms with Crippen molar-refractivity contribution in [2.75, 3.05) is 5.73 Å². The number of nitrogen functional groups attached to an aromatic ring is 1. The van der Waals surface area contributed by atoms with E-state index in [1.165, 1.54) is 25.0 Å². The van der Waals surface area contributed by atoms with Crippen molar-refractivity contribution in [3.05, 3.63) is 35.7 Å². The van der Waals surface area contributed by atoms with E-state index in [-0.39, 0.29) is 5.56 Å². The van der Waals surface area contributed by atoms with Crippen LogP contribution in [0.15, 0.2) is 18.2 Å². The Bertz CT molecular complexity index is 658.